The summed E-state index contributed by atoms with van der Waals surface area (Å²) in [7, 11) is 0. The van der Waals surface area contributed by atoms with Crippen LogP contribution in [0.2, 0.25) is 0 Å². The van der Waals surface area contributed by atoms with Gasteiger partial charge in [-0.2, -0.15) is 0 Å². The maximum atomic E-state index is 2.56. The van der Waals surface area contributed by atoms with Crippen LogP contribution in [0.5, 0.6) is 0 Å². The lowest BCUT2D eigenvalue weighted by Crippen LogP contribution is -2.54. The summed E-state index contributed by atoms with van der Waals surface area (Å²) >= 11 is 0. The van der Waals surface area contributed by atoms with Crippen LogP contribution < -0.4 is 0 Å². The predicted molar refractivity (Wildman–Crippen MR) is 106 cm³/mol. The van der Waals surface area contributed by atoms with Gasteiger partial charge in [-0.15, -0.1) is 0 Å². The lowest BCUT2D eigenvalue weighted by molar-refractivity contribution is -0.0903. The molecule has 0 aliphatic heterocycles. The lowest BCUT2D eigenvalue weighted by Gasteiger charge is -2.61. The Morgan fingerprint density at radius 3 is 1.25 bits per heavy atom. The first-order valence-electron chi connectivity index (χ1n) is 9.69. The SMILES string of the molecule is CC(C)(C)C1=CC([C@]2(C)CC[C@]2(C)C2C=CC(C(C)(C)C)=C2)C=C1. The first-order valence-corrected chi connectivity index (χ1v) is 9.69. The molecule has 24 heavy (non-hydrogen) atoms. The van der Waals surface area contributed by atoms with Gasteiger partial charge in [0.25, 0.3) is 0 Å². The second-order valence-electron chi connectivity index (χ2n) is 10.8. The molecule has 0 bridgehead atoms. The zero-order valence-corrected chi connectivity index (χ0v) is 17.0. The molecule has 0 aromatic heterocycles. The highest BCUT2D eigenvalue weighted by molar-refractivity contribution is 5.39. The third kappa shape index (κ3) is 2.57. The number of rotatable bonds is 2. The zero-order chi connectivity index (χ0) is 18.0. The van der Waals surface area contributed by atoms with Gasteiger partial charge < -0.3 is 0 Å². The van der Waals surface area contributed by atoms with Crippen LogP contribution in [-0.4, -0.2) is 0 Å². The van der Waals surface area contributed by atoms with Gasteiger partial charge in [-0.05, 0) is 45.6 Å². The van der Waals surface area contributed by atoms with Gasteiger partial charge in [-0.25, -0.2) is 0 Å². The van der Waals surface area contributed by atoms with Crippen molar-refractivity contribution in [3.05, 3.63) is 47.6 Å². The van der Waals surface area contributed by atoms with Crippen molar-refractivity contribution in [3.63, 3.8) is 0 Å². The Kier molecular flexibility index (Phi) is 3.87. The molecule has 0 saturated heterocycles. The summed E-state index contributed by atoms with van der Waals surface area (Å²) in [5.41, 5.74) is 4.28. The number of allylic oxidation sites excluding steroid dienone is 8. The first-order chi connectivity index (χ1) is 10.9. The van der Waals surface area contributed by atoms with E-state index in [-0.39, 0.29) is 10.8 Å². The summed E-state index contributed by atoms with van der Waals surface area (Å²) in [5, 5.41) is 0. The minimum absolute atomic E-state index is 0.258. The fourth-order valence-electron chi connectivity index (χ4n) is 4.82. The van der Waals surface area contributed by atoms with Gasteiger partial charge in [0.1, 0.15) is 0 Å². The minimum atomic E-state index is 0.258. The van der Waals surface area contributed by atoms with E-state index >= 15 is 0 Å². The van der Waals surface area contributed by atoms with E-state index in [0.717, 1.165) is 0 Å². The molecule has 132 valence electrons. The van der Waals surface area contributed by atoms with Crippen molar-refractivity contribution >= 4 is 0 Å². The molecular weight excluding hydrogens is 288 g/mol. The molecule has 0 amide bonds. The molecule has 3 aliphatic rings. The highest BCUT2D eigenvalue weighted by atomic mass is 14.6. The Bertz CT molecular complexity index is 583. The molecule has 4 atom stereocenters. The normalized spacial score (nSPS) is 39.0. The Labute approximate surface area is 149 Å². The van der Waals surface area contributed by atoms with E-state index in [1.807, 2.05) is 0 Å². The second kappa shape index (κ2) is 5.23. The van der Waals surface area contributed by atoms with E-state index in [1.165, 1.54) is 24.0 Å². The van der Waals surface area contributed by atoms with E-state index in [9.17, 15) is 0 Å². The third-order valence-electron chi connectivity index (χ3n) is 7.36. The second-order valence-corrected chi connectivity index (χ2v) is 10.8. The van der Waals surface area contributed by atoms with Crippen molar-refractivity contribution in [2.75, 3.05) is 0 Å². The zero-order valence-electron chi connectivity index (χ0n) is 17.0. The van der Waals surface area contributed by atoms with E-state index in [0.29, 0.717) is 22.7 Å². The monoisotopic (exact) mass is 324 g/mol. The molecule has 2 unspecified atom stereocenters. The van der Waals surface area contributed by atoms with Crippen molar-refractivity contribution in [1.29, 1.82) is 0 Å². The fourth-order valence-corrected chi connectivity index (χ4v) is 4.82. The minimum Gasteiger partial charge on any atom is -0.0768 e. The summed E-state index contributed by atoms with van der Waals surface area (Å²) in [6, 6.07) is 0. The van der Waals surface area contributed by atoms with Crippen molar-refractivity contribution in [2.45, 2.75) is 68.2 Å². The average molecular weight is 325 g/mol. The van der Waals surface area contributed by atoms with E-state index in [1.54, 1.807) is 0 Å². The highest BCUT2D eigenvalue weighted by Gasteiger charge is 2.58. The topological polar surface area (TPSA) is 0 Å². The molecule has 3 rings (SSSR count). The Morgan fingerprint density at radius 2 is 1.04 bits per heavy atom. The number of hydrogen-bond donors (Lipinski definition) is 0. The molecule has 0 radical (unpaired) electrons. The third-order valence-corrected chi connectivity index (χ3v) is 7.36. The van der Waals surface area contributed by atoms with Gasteiger partial charge in [-0.1, -0.05) is 91.8 Å². The molecule has 0 aromatic carbocycles. The largest absolute Gasteiger partial charge is 0.0768 e. The Balaban J connectivity index is 1.87. The molecular formula is C24H36. The highest BCUT2D eigenvalue weighted by Crippen LogP contribution is 2.67. The van der Waals surface area contributed by atoms with E-state index in [4.69, 9.17) is 0 Å². The molecule has 0 aromatic rings. The van der Waals surface area contributed by atoms with Gasteiger partial charge in [0.2, 0.25) is 0 Å². The van der Waals surface area contributed by atoms with Crippen LogP contribution in [0, 0.1) is 33.5 Å². The first kappa shape index (κ1) is 17.8. The van der Waals surface area contributed by atoms with Crippen molar-refractivity contribution in [3.8, 4) is 0 Å². The van der Waals surface area contributed by atoms with Gasteiger partial charge in [-0.3, -0.25) is 0 Å². The van der Waals surface area contributed by atoms with Crippen molar-refractivity contribution in [1.82, 2.24) is 0 Å². The summed E-state index contributed by atoms with van der Waals surface area (Å²) < 4.78 is 0. The molecule has 0 nitrogen and oxygen atoms in total. The van der Waals surface area contributed by atoms with E-state index in [2.05, 4.69) is 91.8 Å². The molecule has 0 spiro atoms. The van der Waals surface area contributed by atoms with Crippen LogP contribution in [0.1, 0.15) is 68.2 Å². The van der Waals surface area contributed by atoms with Crippen LogP contribution in [0.25, 0.3) is 0 Å². The summed E-state index contributed by atoms with van der Waals surface area (Å²) in [6.45, 7) is 19.0. The quantitative estimate of drug-likeness (QED) is 0.507. The van der Waals surface area contributed by atoms with Gasteiger partial charge >= 0.3 is 0 Å². The molecule has 1 saturated carbocycles. The maximum Gasteiger partial charge on any atom is 0.00152 e. The molecule has 0 heterocycles. The summed E-state index contributed by atoms with van der Waals surface area (Å²) in [5.74, 6) is 1.18. The van der Waals surface area contributed by atoms with Crippen LogP contribution in [0.15, 0.2) is 47.6 Å². The van der Waals surface area contributed by atoms with Gasteiger partial charge in [0.05, 0.1) is 0 Å². The van der Waals surface area contributed by atoms with Crippen molar-refractivity contribution < 1.29 is 0 Å². The Hall–Kier alpha value is -1.04. The smallest absolute Gasteiger partial charge is 0.00152 e. The molecule has 0 N–H and O–H groups in total. The standard InChI is InChI=1S/C24H36/c1-21(2,3)17-9-11-19(15-17)23(7)13-14-24(23,8)20-12-10-18(16-20)22(4,5)6/h9-12,15-16,19-20H,13-14H2,1-8H3/t19?,20?,23-,24+. The molecule has 0 heteroatoms. The molecule has 3 aliphatic carbocycles. The maximum absolute atomic E-state index is 2.56. The molecule has 1 fully saturated rings. The van der Waals surface area contributed by atoms with Crippen LogP contribution in [-0.2, 0) is 0 Å². The predicted octanol–water partition coefficient (Wildman–Crippen LogP) is 7.11. The van der Waals surface area contributed by atoms with Crippen LogP contribution in [0.3, 0.4) is 0 Å². The average Bonchev–Trinajstić information content (AvgIpc) is 3.11. The summed E-state index contributed by atoms with van der Waals surface area (Å²) in [4.78, 5) is 0. The van der Waals surface area contributed by atoms with Crippen LogP contribution >= 0.6 is 0 Å². The number of hydrogen-bond acceptors (Lipinski definition) is 0. The van der Waals surface area contributed by atoms with Crippen molar-refractivity contribution in [2.24, 2.45) is 33.5 Å². The lowest BCUT2D eigenvalue weighted by atomic mass is 9.43. The van der Waals surface area contributed by atoms with Gasteiger partial charge in [0.15, 0.2) is 0 Å². The Morgan fingerprint density at radius 1 is 0.708 bits per heavy atom. The van der Waals surface area contributed by atoms with E-state index < -0.39 is 0 Å². The van der Waals surface area contributed by atoms with Gasteiger partial charge in [0, 0.05) is 11.8 Å². The van der Waals surface area contributed by atoms with Crippen LogP contribution in [0.4, 0.5) is 0 Å². The fraction of sp³-hybridized carbons (Fsp3) is 0.667. The summed E-state index contributed by atoms with van der Waals surface area (Å²) in [6.07, 6.45) is 17.5.